The zero-order valence-corrected chi connectivity index (χ0v) is 14.2. The third kappa shape index (κ3) is 5.59. The standard InChI is InChI=1S/C13H20BrN3.C2H6/c1-11(2)17-7-5-16(6-8-17)10-12-3-4-13(14)15-9-12;1-2/h3-4,9,11H,5-8,10H2,1-2H3;1-2H3. The number of hydrogen-bond donors (Lipinski definition) is 0. The summed E-state index contributed by atoms with van der Waals surface area (Å²) in [6, 6.07) is 4.83. The number of halogens is 1. The lowest BCUT2D eigenvalue weighted by molar-refractivity contribution is 0.104. The highest BCUT2D eigenvalue weighted by Gasteiger charge is 2.18. The van der Waals surface area contributed by atoms with Crippen LogP contribution in [0.3, 0.4) is 0 Å². The van der Waals surface area contributed by atoms with E-state index in [0.717, 1.165) is 24.2 Å². The van der Waals surface area contributed by atoms with E-state index < -0.39 is 0 Å². The fraction of sp³-hybridized carbons (Fsp3) is 0.667. The van der Waals surface area contributed by atoms with Crippen LogP contribution >= 0.6 is 15.9 Å². The molecule has 0 atom stereocenters. The summed E-state index contributed by atoms with van der Waals surface area (Å²) in [5, 5.41) is 0. The maximum Gasteiger partial charge on any atom is 0.106 e. The van der Waals surface area contributed by atoms with E-state index in [2.05, 4.69) is 50.6 Å². The first-order valence-electron chi connectivity index (χ1n) is 7.22. The average Bonchev–Trinajstić information content (AvgIpc) is 2.44. The van der Waals surface area contributed by atoms with Gasteiger partial charge >= 0.3 is 0 Å². The van der Waals surface area contributed by atoms with Crippen LogP contribution in [0.5, 0.6) is 0 Å². The second-order valence-corrected chi connectivity index (χ2v) is 5.71. The smallest absolute Gasteiger partial charge is 0.106 e. The number of aromatic nitrogens is 1. The van der Waals surface area contributed by atoms with Crippen LogP contribution in [0, 0.1) is 0 Å². The summed E-state index contributed by atoms with van der Waals surface area (Å²) in [5.41, 5.74) is 1.30. The van der Waals surface area contributed by atoms with E-state index >= 15 is 0 Å². The fourth-order valence-corrected chi connectivity index (χ4v) is 2.43. The molecule has 19 heavy (non-hydrogen) atoms. The number of nitrogens with zero attached hydrogens (tertiary/aromatic N) is 3. The minimum absolute atomic E-state index is 0.673. The van der Waals surface area contributed by atoms with Crippen molar-refractivity contribution in [2.24, 2.45) is 0 Å². The van der Waals surface area contributed by atoms with Gasteiger partial charge in [-0.05, 0) is 41.4 Å². The predicted octanol–water partition coefficient (Wildman–Crippen LogP) is 3.40. The van der Waals surface area contributed by atoms with Crippen molar-refractivity contribution < 1.29 is 0 Å². The number of pyridine rings is 1. The van der Waals surface area contributed by atoms with Gasteiger partial charge in [0.25, 0.3) is 0 Å². The molecule has 2 rings (SSSR count). The van der Waals surface area contributed by atoms with E-state index in [9.17, 15) is 0 Å². The lowest BCUT2D eigenvalue weighted by atomic mass is 10.2. The van der Waals surface area contributed by atoms with E-state index in [4.69, 9.17) is 0 Å². The van der Waals surface area contributed by atoms with Crippen LogP contribution in [0.4, 0.5) is 0 Å². The van der Waals surface area contributed by atoms with Gasteiger partial charge in [0, 0.05) is 45.0 Å². The second-order valence-electron chi connectivity index (χ2n) is 4.90. The minimum atomic E-state index is 0.673. The van der Waals surface area contributed by atoms with E-state index in [1.807, 2.05) is 26.1 Å². The molecule has 3 nitrogen and oxygen atoms in total. The topological polar surface area (TPSA) is 19.4 Å². The van der Waals surface area contributed by atoms with Crippen molar-refractivity contribution >= 4 is 15.9 Å². The van der Waals surface area contributed by atoms with Crippen LogP contribution in [0.25, 0.3) is 0 Å². The summed E-state index contributed by atoms with van der Waals surface area (Å²) in [7, 11) is 0. The highest BCUT2D eigenvalue weighted by Crippen LogP contribution is 2.11. The Labute approximate surface area is 126 Å². The first-order valence-corrected chi connectivity index (χ1v) is 8.01. The average molecular weight is 328 g/mol. The van der Waals surface area contributed by atoms with E-state index in [1.165, 1.54) is 18.7 Å². The lowest BCUT2D eigenvalue weighted by Gasteiger charge is -2.36. The Kier molecular flexibility index (Phi) is 7.57. The van der Waals surface area contributed by atoms with E-state index in [1.54, 1.807) is 0 Å². The van der Waals surface area contributed by atoms with Gasteiger partial charge in [0.1, 0.15) is 4.60 Å². The largest absolute Gasteiger partial charge is 0.298 e. The molecule has 0 amide bonds. The van der Waals surface area contributed by atoms with Gasteiger partial charge in [0.15, 0.2) is 0 Å². The first-order chi connectivity index (χ1) is 9.15. The van der Waals surface area contributed by atoms with Crippen LogP contribution in [-0.2, 0) is 6.54 Å². The molecule has 0 bridgehead atoms. The summed E-state index contributed by atoms with van der Waals surface area (Å²) in [6.45, 7) is 14.3. The molecule has 0 N–H and O–H groups in total. The van der Waals surface area contributed by atoms with Gasteiger partial charge in [-0.3, -0.25) is 9.80 Å². The van der Waals surface area contributed by atoms with Gasteiger partial charge in [-0.2, -0.15) is 0 Å². The molecule has 0 spiro atoms. The normalized spacial score (nSPS) is 17.2. The molecule has 1 aliphatic rings. The molecule has 0 radical (unpaired) electrons. The predicted molar refractivity (Wildman–Crippen MR) is 85.3 cm³/mol. The minimum Gasteiger partial charge on any atom is -0.298 e. The van der Waals surface area contributed by atoms with Gasteiger partial charge < -0.3 is 0 Å². The lowest BCUT2D eigenvalue weighted by Crippen LogP contribution is -2.48. The third-order valence-corrected chi connectivity index (χ3v) is 3.80. The van der Waals surface area contributed by atoms with Crippen molar-refractivity contribution in [1.82, 2.24) is 14.8 Å². The highest BCUT2D eigenvalue weighted by molar-refractivity contribution is 9.10. The monoisotopic (exact) mass is 327 g/mol. The Morgan fingerprint density at radius 1 is 1.16 bits per heavy atom. The number of rotatable bonds is 3. The SMILES string of the molecule is CC.CC(C)N1CCN(Cc2ccc(Br)nc2)CC1. The fourth-order valence-electron chi connectivity index (χ4n) is 2.20. The molecule has 0 aromatic carbocycles. The van der Waals surface area contributed by atoms with E-state index in [-0.39, 0.29) is 0 Å². The molecular formula is C15H26BrN3. The molecule has 1 aromatic rings. The molecule has 4 heteroatoms. The third-order valence-electron chi connectivity index (χ3n) is 3.33. The van der Waals surface area contributed by atoms with Crippen LogP contribution < -0.4 is 0 Å². The van der Waals surface area contributed by atoms with Gasteiger partial charge in [-0.25, -0.2) is 4.98 Å². The molecule has 1 fully saturated rings. The maximum atomic E-state index is 4.27. The Morgan fingerprint density at radius 3 is 2.26 bits per heavy atom. The summed E-state index contributed by atoms with van der Waals surface area (Å²) in [6.07, 6.45) is 1.96. The molecule has 0 unspecified atom stereocenters. The number of hydrogen-bond acceptors (Lipinski definition) is 3. The van der Waals surface area contributed by atoms with Gasteiger partial charge in [0.05, 0.1) is 0 Å². The Morgan fingerprint density at radius 2 is 1.79 bits per heavy atom. The molecule has 108 valence electrons. The number of piperazine rings is 1. The summed E-state index contributed by atoms with van der Waals surface area (Å²) >= 11 is 3.36. The Bertz CT molecular complexity index is 343. The van der Waals surface area contributed by atoms with Crippen molar-refractivity contribution in [3.63, 3.8) is 0 Å². The quantitative estimate of drug-likeness (QED) is 0.793. The summed E-state index contributed by atoms with van der Waals surface area (Å²) < 4.78 is 0.908. The molecule has 0 saturated carbocycles. The van der Waals surface area contributed by atoms with Crippen molar-refractivity contribution in [3.05, 3.63) is 28.5 Å². The molecule has 1 saturated heterocycles. The van der Waals surface area contributed by atoms with Gasteiger partial charge in [-0.1, -0.05) is 19.9 Å². The van der Waals surface area contributed by atoms with Crippen molar-refractivity contribution in [2.45, 2.75) is 40.3 Å². The molecule has 2 heterocycles. The molecule has 1 aromatic heterocycles. The second kappa shape index (κ2) is 8.67. The zero-order chi connectivity index (χ0) is 14.3. The Hall–Kier alpha value is -0.450. The van der Waals surface area contributed by atoms with Gasteiger partial charge in [0.2, 0.25) is 0 Å². The molecular weight excluding hydrogens is 302 g/mol. The van der Waals surface area contributed by atoms with Gasteiger partial charge in [-0.15, -0.1) is 0 Å². The zero-order valence-electron chi connectivity index (χ0n) is 12.6. The molecule has 1 aliphatic heterocycles. The van der Waals surface area contributed by atoms with Crippen LogP contribution in [-0.4, -0.2) is 47.0 Å². The van der Waals surface area contributed by atoms with E-state index in [0.29, 0.717) is 6.04 Å². The molecule has 0 aliphatic carbocycles. The van der Waals surface area contributed by atoms with Crippen LogP contribution in [0.1, 0.15) is 33.3 Å². The van der Waals surface area contributed by atoms with Crippen molar-refractivity contribution in [1.29, 1.82) is 0 Å². The van der Waals surface area contributed by atoms with Crippen LogP contribution in [0.2, 0.25) is 0 Å². The summed E-state index contributed by atoms with van der Waals surface area (Å²) in [4.78, 5) is 9.31. The first kappa shape index (κ1) is 16.6. The van der Waals surface area contributed by atoms with Crippen molar-refractivity contribution in [2.75, 3.05) is 26.2 Å². The van der Waals surface area contributed by atoms with Crippen molar-refractivity contribution in [3.8, 4) is 0 Å². The Balaban J connectivity index is 0.000000861. The maximum absolute atomic E-state index is 4.27. The van der Waals surface area contributed by atoms with Crippen LogP contribution in [0.15, 0.2) is 22.9 Å². The summed E-state index contributed by atoms with van der Waals surface area (Å²) in [5.74, 6) is 0. The highest BCUT2D eigenvalue weighted by atomic mass is 79.9.